The fourth-order valence-corrected chi connectivity index (χ4v) is 2.83. The Morgan fingerprint density at radius 1 is 1.13 bits per heavy atom. The van der Waals surface area contributed by atoms with Gasteiger partial charge in [0.05, 0.1) is 11.6 Å². The number of aryl methyl sites for hydroxylation is 1. The molecular weight excluding hydrogens is 358 g/mol. The molecule has 0 aliphatic heterocycles. The number of rotatable bonds is 5. The number of carbonyl (C=O) groups is 2. The molecule has 0 aromatic heterocycles. The lowest BCUT2D eigenvalue weighted by Crippen LogP contribution is -2.31. The molecule has 1 amide bonds. The minimum absolute atomic E-state index is 0.185. The third kappa shape index (κ3) is 4.66. The van der Waals surface area contributed by atoms with Crippen LogP contribution in [0.2, 0.25) is 0 Å². The number of ether oxygens (including phenoxy) is 1. The number of esters is 1. The second kappa shape index (κ2) is 7.92. The van der Waals surface area contributed by atoms with Crippen molar-refractivity contribution in [2.75, 3.05) is 6.61 Å². The Hall–Kier alpha value is -2.14. The van der Waals surface area contributed by atoms with Crippen molar-refractivity contribution in [1.29, 1.82) is 0 Å². The molecule has 0 saturated carbocycles. The highest BCUT2D eigenvalue weighted by atomic mass is 79.9. The number of hydrogen-bond donors (Lipinski definition) is 1. The van der Waals surface area contributed by atoms with Crippen molar-refractivity contribution in [3.8, 4) is 0 Å². The van der Waals surface area contributed by atoms with E-state index in [0.29, 0.717) is 5.56 Å². The molecule has 120 valence electrons. The van der Waals surface area contributed by atoms with Crippen molar-refractivity contribution in [2.24, 2.45) is 0 Å². The third-order valence-electron chi connectivity index (χ3n) is 3.45. The lowest BCUT2D eigenvalue weighted by Gasteiger charge is -2.16. The van der Waals surface area contributed by atoms with Gasteiger partial charge in [-0.25, -0.2) is 4.79 Å². The molecule has 2 aromatic carbocycles. The number of benzene rings is 2. The van der Waals surface area contributed by atoms with E-state index in [0.717, 1.165) is 15.6 Å². The number of carbonyl (C=O) groups excluding carboxylic acids is 2. The Morgan fingerprint density at radius 2 is 1.78 bits per heavy atom. The van der Waals surface area contributed by atoms with Crippen LogP contribution >= 0.6 is 15.9 Å². The van der Waals surface area contributed by atoms with E-state index in [4.69, 9.17) is 4.74 Å². The van der Waals surface area contributed by atoms with Gasteiger partial charge in [-0.05, 0) is 37.1 Å². The second-order valence-electron chi connectivity index (χ2n) is 5.20. The average Bonchev–Trinajstić information content (AvgIpc) is 2.53. The van der Waals surface area contributed by atoms with E-state index in [2.05, 4.69) is 21.2 Å². The molecule has 1 N–H and O–H groups in total. The van der Waals surface area contributed by atoms with Crippen LogP contribution in [0.4, 0.5) is 0 Å². The zero-order chi connectivity index (χ0) is 16.8. The standard InChI is InChI=1S/C18H18BrNO3/c1-12-7-3-4-8-14(12)18(22)23-11-17(21)20-13(2)15-9-5-6-10-16(15)19/h3-10,13H,11H2,1-2H3,(H,20,21)/t13-/m1/s1. The van der Waals surface area contributed by atoms with Crippen molar-refractivity contribution in [3.63, 3.8) is 0 Å². The largest absolute Gasteiger partial charge is 0.452 e. The first-order valence-electron chi connectivity index (χ1n) is 7.25. The fraction of sp³-hybridized carbons (Fsp3) is 0.222. The molecule has 0 fully saturated rings. The highest BCUT2D eigenvalue weighted by Gasteiger charge is 2.15. The fourth-order valence-electron chi connectivity index (χ4n) is 2.20. The normalized spacial score (nSPS) is 11.6. The van der Waals surface area contributed by atoms with Gasteiger partial charge >= 0.3 is 5.97 Å². The molecule has 0 bridgehead atoms. The van der Waals surface area contributed by atoms with Gasteiger partial charge in [-0.15, -0.1) is 0 Å². The van der Waals surface area contributed by atoms with Crippen LogP contribution in [0.5, 0.6) is 0 Å². The van der Waals surface area contributed by atoms with Gasteiger partial charge in [0, 0.05) is 4.47 Å². The Bertz CT molecular complexity index is 715. The van der Waals surface area contributed by atoms with Gasteiger partial charge < -0.3 is 10.1 Å². The molecule has 0 radical (unpaired) electrons. The van der Waals surface area contributed by atoms with Gasteiger partial charge in [0.25, 0.3) is 5.91 Å². The summed E-state index contributed by atoms with van der Waals surface area (Å²) >= 11 is 3.45. The van der Waals surface area contributed by atoms with Crippen LogP contribution < -0.4 is 5.32 Å². The Kier molecular flexibility index (Phi) is 5.93. The van der Waals surface area contributed by atoms with Crippen molar-refractivity contribution in [2.45, 2.75) is 19.9 Å². The second-order valence-corrected chi connectivity index (χ2v) is 6.06. The maximum Gasteiger partial charge on any atom is 0.338 e. The van der Waals surface area contributed by atoms with E-state index in [1.165, 1.54) is 0 Å². The zero-order valence-corrected chi connectivity index (χ0v) is 14.6. The topological polar surface area (TPSA) is 55.4 Å². The van der Waals surface area contributed by atoms with E-state index in [1.54, 1.807) is 12.1 Å². The van der Waals surface area contributed by atoms with Crippen molar-refractivity contribution >= 4 is 27.8 Å². The van der Waals surface area contributed by atoms with Gasteiger partial charge in [0.2, 0.25) is 0 Å². The van der Waals surface area contributed by atoms with Gasteiger partial charge in [-0.3, -0.25) is 4.79 Å². The molecule has 4 nitrogen and oxygen atoms in total. The molecule has 5 heteroatoms. The quantitative estimate of drug-likeness (QED) is 0.808. The Morgan fingerprint density at radius 3 is 2.48 bits per heavy atom. The summed E-state index contributed by atoms with van der Waals surface area (Å²) in [4.78, 5) is 23.9. The van der Waals surface area contributed by atoms with E-state index in [-0.39, 0.29) is 18.6 Å². The maximum absolute atomic E-state index is 12.0. The van der Waals surface area contributed by atoms with Crippen LogP contribution in [0.3, 0.4) is 0 Å². The SMILES string of the molecule is Cc1ccccc1C(=O)OCC(=O)N[C@H](C)c1ccccc1Br. The van der Waals surface area contributed by atoms with Crippen LogP contribution in [0.1, 0.15) is 34.5 Å². The first-order chi connectivity index (χ1) is 11.0. The van der Waals surface area contributed by atoms with Crippen LogP contribution in [0.25, 0.3) is 0 Å². The van der Waals surface area contributed by atoms with Crippen molar-refractivity contribution < 1.29 is 14.3 Å². The van der Waals surface area contributed by atoms with Gasteiger partial charge in [-0.2, -0.15) is 0 Å². The predicted molar refractivity (Wildman–Crippen MR) is 92.2 cm³/mol. The lowest BCUT2D eigenvalue weighted by atomic mass is 10.1. The minimum atomic E-state index is -0.494. The third-order valence-corrected chi connectivity index (χ3v) is 4.17. The molecule has 0 unspecified atom stereocenters. The van der Waals surface area contributed by atoms with E-state index in [9.17, 15) is 9.59 Å². The van der Waals surface area contributed by atoms with Gasteiger partial charge in [0.1, 0.15) is 0 Å². The molecule has 0 spiro atoms. The van der Waals surface area contributed by atoms with Crippen molar-refractivity contribution in [3.05, 3.63) is 69.7 Å². The summed E-state index contributed by atoms with van der Waals surface area (Å²) in [5, 5.41) is 2.81. The van der Waals surface area contributed by atoms with Crippen LogP contribution in [0.15, 0.2) is 53.0 Å². The lowest BCUT2D eigenvalue weighted by molar-refractivity contribution is -0.124. The monoisotopic (exact) mass is 375 g/mol. The molecule has 0 saturated heterocycles. The molecule has 23 heavy (non-hydrogen) atoms. The highest BCUT2D eigenvalue weighted by molar-refractivity contribution is 9.10. The zero-order valence-electron chi connectivity index (χ0n) is 13.0. The Labute approximate surface area is 144 Å². The smallest absolute Gasteiger partial charge is 0.338 e. The maximum atomic E-state index is 12.0. The van der Waals surface area contributed by atoms with Gasteiger partial charge in [-0.1, -0.05) is 52.3 Å². The Balaban J connectivity index is 1.89. The first-order valence-corrected chi connectivity index (χ1v) is 8.05. The molecule has 0 aliphatic rings. The minimum Gasteiger partial charge on any atom is -0.452 e. The van der Waals surface area contributed by atoms with Crippen LogP contribution in [0, 0.1) is 6.92 Å². The molecule has 0 heterocycles. The molecule has 1 atom stereocenters. The number of amides is 1. The van der Waals surface area contributed by atoms with Crippen LogP contribution in [-0.2, 0) is 9.53 Å². The molecule has 2 aromatic rings. The summed E-state index contributed by atoms with van der Waals surface area (Å²) in [6.45, 7) is 3.40. The summed E-state index contributed by atoms with van der Waals surface area (Å²) in [7, 11) is 0. The highest BCUT2D eigenvalue weighted by Crippen LogP contribution is 2.22. The summed E-state index contributed by atoms with van der Waals surface area (Å²) in [5.41, 5.74) is 2.25. The number of halogens is 1. The summed E-state index contributed by atoms with van der Waals surface area (Å²) in [6, 6.07) is 14.6. The summed E-state index contributed by atoms with van der Waals surface area (Å²) < 4.78 is 6.00. The van der Waals surface area contributed by atoms with Gasteiger partial charge in [0.15, 0.2) is 6.61 Å². The van der Waals surface area contributed by atoms with E-state index >= 15 is 0 Å². The molecule has 0 aliphatic carbocycles. The van der Waals surface area contributed by atoms with Crippen molar-refractivity contribution in [1.82, 2.24) is 5.32 Å². The predicted octanol–water partition coefficient (Wildman–Crippen LogP) is 3.79. The number of nitrogens with one attached hydrogen (secondary N) is 1. The van der Waals surface area contributed by atoms with Crippen LogP contribution in [-0.4, -0.2) is 18.5 Å². The van der Waals surface area contributed by atoms with E-state index in [1.807, 2.05) is 50.2 Å². The molecular formula is C18H18BrNO3. The number of hydrogen-bond acceptors (Lipinski definition) is 3. The summed E-state index contributed by atoms with van der Waals surface area (Å²) in [5.74, 6) is -0.831. The first kappa shape index (κ1) is 17.2. The van der Waals surface area contributed by atoms with E-state index < -0.39 is 5.97 Å². The average molecular weight is 376 g/mol. The molecule has 2 rings (SSSR count). The summed E-state index contributed by atoms with van der Waals surface area (Å²) in [6.07, 6.45) is 0.